The molecule has 0 aliphatic carbocycles. The number of carbonyl (C=O) groups excluding carboxylic acids is 1. The molecule has 0 saturated carbocycles. The number of aromatic nitrogens is 1. The first kappa shape index (κ1) is 17.7. The molecule has 3 aromatic rings. The molecule has 0 spiro atoms. The summed E-state index contributed by atoms with van der Waals surface area (Å²) in [6.07, 6.45) is 1.90. The van der Waals surface area contributed by atoms with Crippen molar-refractivity contribution < 1.29 is 19.0 Å². The van der Waals surface area contributed by atoms with E-state index in [4.69, 9.17) is 14.2 Å². The Morgan fingerprint density at radius 3 is 2.50 bits per heavy atom. The normalized spacial score (nSPS) is 10.6. The lowest BCUT2D eigenvalue weighted by Crippen LogP contribution is -2.26. The number of amides is 1. The molecule has 0 atom stereocenters. The zero-order valence-electron chi connectivity index (χ0n) is 15.1. The Hall–Kier alpha value is -3.15. The van der Waals surface area contributed by atoms with Crippen LogP contribution in [-0.2, 0) is 17.9 Å². The van der Waals surface area contributed by atoms with Crippen molar-refractivity contribution in [2.45, 2.75) is 13.1 Å². The molecule has 6 heteroatoms. The van der Waals surface area contributed by atoms with Gasteiger partial charge >= 0.3 is 0 Å². The maximum Gasteiger partial charge on any atom is 0.240 e. The van der Waals surface area contributed by atoms with Gasteiger partial charge in [-0.1, -0.05) is 6.07 Å². The van der Waals surface area contributed by atoms with Crippen molar-refractivity contribution >= 4 is 16.8 Å². The lowest BCUT2D eigenvalue weighted by atomic mass is 10.2. The predicted molar refractivity (Wildman–Crippen MR) is 99.9 cm³/mol. The number of hydrogen-bond acceptors (Lipinski definition) is 4. The van der Waals surface area contributed by atoms with E-state index in [1.807, 2.05) is 53.2 Å². The topological polar surface area (TPSA) is 61.7 Å². The Bertz CT molecular complexity index is 917. The van der Waals surface area contributed by atoms with E-state index in [0.717, 1.165) is 22.2 Å². The van der Waals surface area contributed by atoms with Crippen molar-refractivity contribution in [1.82, 2.24) is 9.88 Å². The monoisotopic (exact) mass is 354 g/mol. The maximum atomic E-state index is 12.3. The minimum absolute atomic E-state index is 0.0619. The third-order valence-electron chi connectivity index (χ3n) is 4.23. The van der Waals surface area contributed by atoms with E-state index in [1.165, 1.54) is 0 Å². The Kier molecular flexibility index (Phi) is 5.31. The van der Waals surface area contributed by atoms with Gasteiger partial charge < -0.3 is 24.1 Å². The molecule has 6 nitrogen and oxygen atoms in total. The summed E-state index contributed by atoms with van der Waals surface area (Å²) < 4.78 is 17.6. The van der Waals surface area contributed by atoms with Crippen LogP contribution in [0.4, 0.5) is 0 Å². The molecule has 0 radical (unpaired) electrons. The summed E-state index contributed by atoms with van der Waals surface area (Å²) in [4.78, 5) is 12.3. The third kappa shape index (κ3) is 3.74. The van der Waals surface area contributed by atoms with E-state index in [9.17, 15) is 4.79 Å². The number of fused-ring (bicyclic) bond motifs is 1. The van der Waals surface area contributed by atoms with E-state index < -0.39 is 0 Å². The number of nitrogens with one attached hydrogen (secondary N) is 1. The van der Waals surface area contributed by atoms with Gasteiger partial charge in [0, 0.05) is 23.6 Å². The molecule has 0 bridgehead atoms. The minimum atomic E-state index is -0.0619. The zero-order valence-corrected chi connectivity index (χ0v) is 15.1. The Balaban J connectivity index is 1.64. The molecule has 0 aliphatic heterocycles. The summed E-state index contributed by atoms with van der Waals surface area (Å²) in [5.74, 6) is 2.04. The highest BCUT2D eigenvalue weighted by Gasteiger charge is 2.09. The lowest BCUT2D eigenvalue weighted by molar-refractivity contribution is -0.121. The van der Waals surface area contributed by atoms with Gasteiger partial charge in [-0.2, -0.15) is 0 Å². The average Bonchev–Trinajstić information content (AvgIpc) is 3.07. The van der Waals surface area contributed by atoms with Gasteiger partial charge in [0.1, 0.15) is 12.3 Å². The highest BCUT2D eigenvalue weighted by molar-refractivity contribution is 5.84. The van der Waals surface area contributed by atoms with E-state index in [2.05, 4.69) is 5.32 Å². The average molecular weight is 354 g/mol. The van der Waals surface area contributed by atoms with Crippen LogP contribution in [0.5, 0.6) is 17.2 Å². The van der Waals surface area contributed by atoms with E-state index in [-0.39, 0.29) is 12.5 Å². The second-order valence-corrected chi connectivity index (χ2v) is 5.83. The van der Waals surface area contributed by atoms with Crippen molar-refractivity contribution in [1.29, 1.82) is 0 Å². The molecule has 0 fully saturated rings. The zero-order chi connectivity index (χ0) is 18.5. The summed E-state index contributed by atoms with van der Waals surface area (Å²) >= 11 is 0. The molecular formula is C20H22N2O4. The SMILES string of the molecule is COc1ccc2c(ccn2CC(=O)NCc2ccc(OC)c(OC)c2)c1. The molecule has 1 N–H and O–H groups in total. The van der Waals surface area contributed by atoms with Gasteiger partial charge in [-0.05, 0) is 42.0 Å². The molecule has 1 aromatic heterocycles. The third-order valence-corrected chi connectivity index (χ3v) is 4.23. The van der Waals surface area contributed by atoms with Crippen molar-refractivity contribution in [2.24, 2.45) is 0 Å². The molecule has 0 saturated heterocycles. The van der Waals surface area contributed by atoms with Crippen molar-refractivity contribution in [3.8, 4) is 17.2 Å². The summed E-state index contributed by atoms with van der Waals surface area (Å²) in [7, 11) is 4.82. The second-order valence-electron chi connectivity index (χ2n) is 5.83. The fourth-order valence-corrected chi connectivity index (χ4v) is 2.84. The molecule has 3 rings (SSSR count). The summed E-state index contributed by atoms with van der Waals surface area (Å²) in [5, 5.41) is 3.97. The van der Waals surface area contributed by atoms with Gasteiger partial charge in [0.2, 0.25) is 5.91 Å². The molecule has 0 aliphatic rings. The Morgan fingerprint density at radius 2 is 1.77 bits per heavy atom. The van der Waals surface area contributed by atoms with Crippen LogP contribution >= 0.6 is 0 Å². The molecular weight excluding hydrogens is 332 g/mol. The first-order valence-corrected chi connectivity index (χ1v) is 8.25. The number of hydrogen-bond donors (Lipinski definition) is 1. The fourth-order valence-electron chi connectivity index (χ4n) is 2.84. The van der Waals surface area contributed by atoms with Crippen LogP contribution < -0.4 is 19.5 Å². The van der Waals surface area contributed by atoms with Gasteiger partial charge in [-0.3, -0.25) is 4.79 Å². The van der Waals surface area contributed by atoms with Crippen LogP contribution in [-0.4, -0.2) is 31.8 Å². The van der Waals surface area contributed by atoms with Crippen LogP contribution in [0, 0.1) is 0 Å². The molecule has 1 amide bonds. The van der Waals surface area contributed by atoms with Crippen LogP contribution in [0.25, 0.3) is 10.9 Å². The number of nitrogens with zero attached hydrogens (tertiary/aromatic N) is 1. The number of benzene rings is 2. The van der Waals surface area contributed by atoms with Gasteiger partial charge in [0.25, 0.3) is 0 Å². The fraction of sp³-hybridized carbons (Fsp3) is 0.250. The smallest absolute Gasteiger partial charge is 0.240 e. The highest BCUT2D eigenvalue weighted by atomic mass is 16.5. The maximum absolute atomic E-state index is 12.3. The molecule has 1 heterocycles. The molecule has 2 aromatic carbocycles. The Labute approximate surface area is 152 Å². The van der Waals surface area contributed by atoms with Gasteiger partial charge in [-0.25, -0.2) is 0 Å². The van der Waals surface area contributed by atoms with Gasteiger partial charge in [0.15, 0.2) is 11.5 Å². The first-order chi connectivity index (χ1) is 12.6. The second kappa shape index (κ2) is 7.82. The predicted octanol–water partition coefficient (Wildman–Crippen LogP) is 2.98. The van der Waals surface area contributed by atoms with Crippen LogP contribution in [0.3, 0.4) is 0 Å². The van der Waals surface area contributed by atoms with Crippen molar-refractivity contribution in [3.63, 3.8) is 0 Å². The summed E-state index contributed by atoms with van der Waals surface area (Å²) in [5.41, 5.74) is 1.94. The number of methoxy groups -OCH3 is 3. The van der Waals surface area contributed by atoms with E-state index in [0.29, 0.717) is 18.0 Å². The molecule has 26 heavy (non-hydrogen) atoms. The van der Waals surface area contributed by atoms with Crippen LogP contribution in [0.15, 0.2) is 48.7 Å². The minimum Gasteiger partial charge on any atom is -0.497 e. The van der Waals surface area contributed by atoms with E-state index in [1.54, 1.807) is 21.3 Å². The summed E-state index contributed by atoms with van der Waals surface area (Å²) in [6.45, 7) is 0.676. The van der Waals surface area contributed by atoms with Gasteiger partial charge in [-0.15, -0.1) is 0 Å². The van der Waals surface area contributed by atoms with Crippen LogP contribution in [0.1, 0.15) is 5.56 Å². The standard InChI is InChI=1S/C20H22N2O4/c1-24-16-5-6-17-15(11-16)8-9-22(17)13-20(23)21-12-14-4-7-18(25-2)19(10-14)26-3/h4-11H,12-13H2,1-3H3,(H,21,23). The van der Waals surface area contributed by atoms with Gasteiger partial charge in [0.05, 0.1) is 21.3 Å². The quantitative estimate of drug-likeness (QED) is 0.709. The first-order valence-electron chi connectivity index (χ1n) is 8.25. The van der Waals surface area contributed by atoms with Crippen molar-refractivity contribution in [3.05, 3.63) is 54.2 Å². The highest BCUT2D eigenvalue weighted by Crippen LogP contribution is 2.27. The largest absolute Gasteiger partial charge is 0.497 e. The van der Waals surface area contributed by atoms with Crippen molar-refractivity contribution in [2.75, 3.05) is 21.3 Å². The van der Waals surface area contributed by atoms with E-state index >= 15 is 0 Å². The van der Waals surface area contributed by atoms with Crippen LogP contribution in [0.2, 0.25) is 0 Å². The number of rotatable bonds is 7. The molecule has 0 unspecified atom stereocenters. The lowest BCUT2D eigenvalue weighted by Gasteiger charge is -2.11. The Morgan fingerprint density at radius 1 is 0.962 bits per heavy atom. The summed E-state index contributed by atoms with van der Waals surface area (Å²) in [6, 6.07) is 13.4. The number of ether oxygens (including phenoxy) is 3. The number of carbonyl (C=O) groups is 1. The molecule has 136 valence electrons.